The maximum absolute atomic E-state index is 12.7. The third-order valence-electron chi connectivity index (χ3n) is 5.06. The molecule has 2 heterocycles. The van der Waals surface area contributed by atoms with Crippen LogP contribution in [-0.2, 0) is 11.2 Å². The van der Waals surface area contributed by atoms with E-state index in [0.29, 0.717) is 29.5 Å². The van der Waals surface area contributed by atoms with Gasteiger partial charge < -0.3 is 24.1 Å². The Kier molecular flexibility index (Phi) is 5.75. The van der Waals surface area contributed by atoms with Gasteiger partial charge in [-0.05, 0) is 60.0 Å². The number of nitrogens with zero attached hydrogens (tertiary/aromatic N) is 1. The van der Waals surface area contributed by atoms with Crippen LogP contribution in [0.25, 0.3) is 6.08 Å². The number of hydrogen-bond donors (Lipinski definition) is 1. The maximum Gasteiger partial charge on any atom is 0.293 e. The first kappa shape index (κ1) is 20.3. The van der Waals surface area contributed by atoms with Crippen molar-refractivity contribution < 1.29 is 23.5 Å². The Labute approximate surface area is 179 Å². The van der Waals surface area contributed by atoms with Crippen LogP contribution in [0.1, 0.15) is 21.7 Å². The monoisotopic (exact) mass is 418 g/mol. The SMILES string of the molecule is COc1ccc(C=CC(=O)Nc2ccc3c(c2)N(C(=O)c2ccco2)CC3)cc1OC. The maximum atomic E-state index is 12.7. The first-order valence-corrected chi connectivity index (χ1v) is 9.78. The van der Waals surface area contributed by atoms with E-state index in [0.717, 1.165) is 23.2 Å². The summed E-state index contributed by atoms with van der Waals surface area (Å²) in [5.74, 6) is 1.03. The molecule has 0 fully saturated rings. The second-order valence-corrected chi connectivity index (χ2v) is 6.96. The Bertz CT molecular complexity index is 1130. The number of furan rings is 1. The van der Waals surface area contributed by atoms with Gasteiger partial charge in [-0.25, -0.2) is 0 Å². The van der Waals surface area contributed by atoms with Gasteiger partial charge in [0.15, 0.2) is 17.3 Å². The normalized spacial score (nSPS) is 12.6. The zero-order valence-electron chi connectivity index (χ0n) is 17.3. The van der Waals surface area contributed by atoms with Crippen molar-refractivity contribution in [2.45, 2.75) is 6.42 Å². The summed E-state index contributed by atoms with van der Waals surface area (Å²) in [6.07, 6.45) is 5.37. The first-order chi connectivity index (χ1) is 15.1. The topological polar surface area (TPSA) is 81.0 Å². The predicted molar refractivity (Wildman–Crippen MR) is 118 cm³/mol. The number of anilines is 2. The zero-order chi connectivity index (χ0) is 21.8. The lowest BCUT2D eigenvalue weighted by Crippen LogP contribution is -2.28. The van der Waals surface area contributed by atoms with Gasteiger partial charge in [0.25, 0.3) is 5.91 Å². The molecule has 0 bridgehead atoms. The summed E-state index contributed by atoms with van der Waals surface area (Å²) >= 11 is 0. The molecule has 31 heavy (non-hydrogen) atoms. The number of rotatable bonds is 6. The van der Waals surface area contributed by atoms with Gasteiger partial charge in [0.2, 0.25) is 5.91 Å². The van der Waals surface area contributed by atoms with Crippen LogP contribution in [0.4, 0.5) is 11.4 Å². The van der Waals surface area contributed by atoms with E-state index in [9.17, 15) is 9.59 Å². The standard InChI is InChI=1S/C24H22N2O5/c1-29-20-9-5-16(14-22(20)30-2)6-10-23(27)25-18-8-7-17-11-12-26(19(17)15-18)24(28)21-4-3-13-31-21/h3-10,13-15H,11-12H2,1-2H3,(H,25,27). The number of carbonyl (C=O) groups is 2. The molecule has 0 unspecified atom stereocenters. The number of carbonyl (C=O) groups excluding carboxylic acids is 2. The Morgan fingerprint density at radius 1 is 1.06 bits per heavy atom. The van der Waals surface area contributed by atoms with Crippen LogP contribution in [0.3, 0.4) is 0 Å². The fourth-order valence-corrected chi connectivity index (χ4v) is 3.51. The Balaban J connectivity index is 1.47. The number of amides is 2. The van der Waals surface area contributed by atoms with Crippen molar-refractivity contribution in [2.75, 3.05) is 31.0 Å². The molecule has 1 aliphatic heterocycles. The highest BCUT2D eigenvalue weighted by molar-refractivity contribution is 6.06. The quantitative estimate of drug-likeness (QED) is 0.608. The molecule has 2 amide bonds. The lowest BCUT2D eigenvalue weighted by Gasteiger charge is -2.16. The van der Waals surface area contributed by atoms with Gasteiger partial charge in [-0.15, -0.1) is 0 Å². The summed E-state index contributed by atoms with van der Waals surface area (Å²) in [6, 6.07) is 14.3. The number of nitrogens with one attached hydrogen (secondary N) is 1. The first-order valence-electron chi connectivity index (χ1n) is 9.78. The van der Waals surface area contributed by atoms with E-state index < -0.39 is 0 Å². The fraction of sp³-hybridized carbons (Fsp3) is 0.167. The van der Waals surface area contributed by atoms with Crippen LogP contribution in [0, 0.1) is 0 Å². The van der Waals surface area contributed by atoms with Crippen LogP contribution in [-0.4, -0.2) is 32.6 Å². The lowest BCUT2D eigenvalue weighted by atomic mass is 10.1. The molecule has 2 aromatic carbocycles. The second kappa shape index (κ2) is 8.79. The molecule has 0 spiro atoms. The van der Waals surface area contributed by atoms with Crippen molar-refractivity contribution in [2.24, 2.45) is 0 Å². The van der Waals surface area contributed by atoms with Gasteiger partial charge in [-0.3, -0.25) is 9.59 Å². The molecule has 7 heteroatoms. The van der Waals surface area contributed by atoms with E-state index in [-0.39, 0.29) is 11.8 Å². The van der Waals surface area contributed by atoms with Crippen LogP contribution in [0.5, 0.6) is 11.5 Å². The van der Waals surface area contributed by atoms with E-state index >= 15 is 0 Å². The summed E-state index contributed by atoms with van der Waals surface area (Å²) in [7, 11) is 3.13. The van der Waals surface area contributed by atoms with E-state index in [1.54, 1.807) is 49.5 Å². The van der Waals surface area contributed by atoms with Gasteiger partial charge in [0.05, 0.1) is 20.5 Å². The fourth-order valence-electron chi connectivity index (χ4n) is 3.51. The zero-order valence-corrected chi connectivity index (χ0v) is 17.3. The number of fused-ring (bicyclic) bond motifs is 1. The van der Waals surface area contributed by atoms with Gasteiger partial charge in [0, 0.05) is 24.0 Å². The minimum absolute atomic E-state index is 0.194. The highest BCUT2D eigenvalue weighted by Crippen LogP contribution is 2.32. The summed E-state index contributed by atoms with van der Waals surface area (Å²) in [5, 5.41) is 2.84. The summed E-state index contributed by atoms with van der Waals surface area (Å²) in [5.41, 5.74) is 3.25. The van der Waals surface area contributed by atoms with Crippen molar-refractivity contribution in [3.63, 3.8) is 0 Å². The van der Waals surface area contributed by atoms with Gasteiger partial charge in [-0.2, -0.15) is 0 Å². The van der Waals surface area contributed by atoms with E-state index in [2.05, 4.69) is 5.32 Å². The molecule has 0 atom stereocenters. The molecule has 0 saturated heterocycles. The molecule has 0 saturated carbocycles. The van der Waals surface area contributed by atoms with Gasteiger partial charge in [-0.1, -0.05) is 12.1 Å². The van der Waals surface area contributed by atoms with E-state index in [1.165, 1.54) is 12.3 Å². The molecule has 0 aliphatic carbocycles. The summed E-state index contributed by atoms with van der Waals surface area (Å²) < 4.78 is 15.7. The van der Waals surface area contributed by atoms with Crippen LogP contribution in [0.2, 0.25) is 0 Å². The molecule has 1 aliphatic rings. The average molecular weight is 418 g/mol. The lowest BCUT2D eigenvalue weighted by molar-refractivity contribution is -0.111. The van der Waals surface area contributed by atoms with Crippen molar-refractivity contribution in [1.29, 1.82) is 0 Å². The summed E-state index contributed by atoms with van der Waals surface area (Å²) in [6.45, 7) is 0.575. The van der Waals surface area contributed by atoms with Gasteiger partial charge in [0.1, 0.15) is 0 Å². The molecular weight excluding hydrogens is 396 g/mol. The van der Waals surface area contributed by atoms with Crippen molar-refractivity contribution >= 4 is 29.3 Å². The Hall–Kier alpha value is -4.00. The minimum Gasteiger partial charge on any atom is -0.493 e. The molecular formula is C24H22N2O5. The molecule has 3 aromatic rings. The van der Waals surface area contributed by atoms with Gasteiger partial charge >= 0.3 is 0 Å². The van der Waals surface area contributed by atoms with Crippen LogP contribution >= 0.6 is 0 Å². The Morgan fingerprint density at radius 3 is 2.65 bits per heavy atom. The molecule has 158 valence electrons. The van der Waals surface area contributed by atoms with Crippen molar-refractivity contribution in [3.8, 4) is 11.5 Å². The average Bonchev–Trinajstić information content (AvgIpc) is 3.47. The highest BCUT2D eigenvalue weighted by Gasteiger charge is 2.27. The molecule has 0 radical (unpaired) electrons. The largest absolute Gasteiger partial charge is 0.493 e. The van der Waals surface area contributed by atoms with Crippen LogP contribution < -0.4 is 19.7 Å². The number of methoxy groups -OCH3 is 2. The van der Waals surface area contributed by atoms with E-state index in [1.807, 2.05) is 24.3 Å². The number of hydrogen-bond acceptors (Lipinski definition) is 5. The minimum atomic E-state index is -0.281. The molecule has 1 N–H and O–H groups in total. The number of ether oxygens (including phenoxy) is 2. The van der Waals surface area contributed by atoms with Crippen molar-refractivity contribution in [3.05, 3.63) is 77.8 Å². The third kappa shape index (κ3) is 4.30. The second-order valence-electron chi connectivity index (χ2n) is 6.96. The smallest absolute Gasteiger partial charge is 0.293 e. The highest BCUT2D eigenvalue weighted by atomic mass is 16.5. The molecule has 1 aromatic heterocycles. The third-order valence-corrected chi connectivity index (χ3v) is 5.06. The van der Waals surface area contributed by atoms with Crippen LogP contribution in [0.15, 0.2) is 65.3 Å². The number of benzene rings is 2. The predicted octanol–water partition coefficient (Wildman–Crippen LogP) is 4.15. The Morgan fingerprint density at radius 2 is 1.90 bits per heavy atom. The van der Waals surface area contributed by atoms with Crippen molar-refractivity contribution in [1.82, 2.24) is 0 Å². The summed E-state index contributed by atoms with van der Waals surface area (Å²) in [4.78, 5) is 26.8. The molecule has 7 nitrogen and oxygen atoms in total. The van der Waals surface area contributed by atoms with E-state index in [4.69, 9.17) is 13.9 Å². The molecule has 4 rings (SSSR count).